The monoisotopic (exact) mass is 1020 g/mol. The van der Waals surface area contributed by atoms with E-state index < -0.39 is 84.1 Å². The van der Waals surface area contributed by atoms with Crippen molar-refractivity contribution >= 4 is 28.6 Å². The van der Waals surface area contributed by atoms with E-state index in [0.29, 0.717) is 63.4 Å². The number of nitrogens with one attached hydrogen (secondary N) is 1. The molecule has 2 bridgehead atoms. The van der Waals surface area contributed by atoms with Crippen LogP contribution in [0.4, 0.5) is 0 Å². The Kier molecular flexibility index (Phi) is 20.9. The van der Waals surface area contributed by atoms with Crippen LogP contribution in [0.5, 0.6) is 0 Å². The van der Waals surface area contributed by atoms with E-state index in [9.17, 15) is 39.9 Å². The molecule has 3 fully saturated rings. The number of carbonyl (C=O) groups excluding carboxylic acids is 3. The number of aliphatic hydroxyl groups excluding tert-OH is 4. The van der Waals surface area contributed by atoms with Crippen LogP contribution in [-0.4, -0.2) is 135 Å². The van der Waals surface area contributed by atoms with Crippen LogP contribution in [-0.2, 0) is 33.3 Å². The number of aryl methyl sites for hydroxylation is 1. The van der Waals surface area contributed by atoms with Crippen LogP contribution in [0, 0.1) is 42.4 Å². The molecule has 1 aromatic heterocycles. The number of ketones is 1. The summed E-state index contributed by atoms with van der Waals surface area (Å²) in [6.07, 6.45) is 13.4. The zero-order valence-corrected chi connectivity index (χ0v) is 45.2. The zero-order valence-electron chi connectivity index (χ0n) is 45.2. The number of Topliss-reactive ketones (excluding diaryl/α,β-unsaturated/α-hetero) is 1. The number of cyclic esters (lactones) is 1. The Morgan fingerprint density at radius 1 is 0.849 bits per heavy atom. The molecular formula is C59H88N2O12. The first-order valence-electron chi connectivity index (χ1n) is 27.2. The number of amides is 1. The van der Waals surface area contributed by atoms with E-state index in [1.165, 1.54) is 12.0 Å². The number of hydrogen-bond donors (Lipinski definition) is 6. The number of H-pyrrole nitrogens is 1. The number of nitrogens with zero attached hydrogens (tertiary/aromatic N) is 1. The molecule has 14 nitrogen and oxygen atoms in total. The summed E-state index contributed by atoms with van der Waals surface area (Å²) >= 11 is 0. The van der Waals surface area contributed by atoms with E-state index in [1.54, 1.807) is 27.0 Å². The van der Waals surface area contributed by atoms with Crippen LogP contribution < -0.4 is 0 Å². The van der Waals surface area contributed by atoms with Crippen molar-refractivity contribution in [2.75, 3.05) is 20.8 Å². The molecule has 406 valence electrons. The molecule has 1 saturated carbocycles. The highest BCUT2D eigenvalue weighted by atomic mass is 16.6. The van der Waals surface area contributed by atoms with Gasteiger partial charge in [-0.3, -0.25) is 9.59 Å². The Labute approximate surface area is 434 Å². The van der Waals surface area contributed by atoms with Crippen molar-refractivity contribution in [3.8, 4) is 0 Å². The fourth-order valence-corrected chi connectivity index (χ4v) is 12.2. The fourth-order valence-electron chi connectivity index (χ4n) is 12.2. The van der Waals surface area contributed by atoms with E-state index in [0.717, 1.165) is 34.0 Å². The number of carbonyl (C=O) groups is 3. The average molecular weight is 1020 g/mol. The lowest BCUT2D eigenvalue weighted by Crippen LogP contribution is -2.60. The summed E-state index contributed by atoms with van der Waals surface area (Å²) in [4.78, 5) is 48.5. The molecule has 73 heavy (non-hydrogen) atoms. The molecule has 2 saturated heterocycles. The minimum absolute atomic E-state index is 0.0326. The topological polar surface area (TPSA) is 208 Å². The highest BCUT2D eigenvalue weighted by Crippen LogP contribution is 2.42. The van der Waals surface area contributed by atoms with Crippen molar-refractivity contribution in [3.05, 3.63) is 83.1 Å². The van der Waals surface area contributed by atoms with Gasteiger partial charge in [0, 0.05) is 62.0 Å². The highest BCUT2D eigenvalue weighted by molar-refractivity contribution is 6.39. The highest BCUT2D eigenvalue weighted by Gasteiger charge is 2.53. The Morgan fingerprint density at radius 2 is 1.60 bits per heavy atom. The molecule has 0 radical (unpaired) electrons. The van der Waals surface area contributed by atoms with E-state index in [1.807, 2.05) is 51.3 Å². The number of hydrogen-bond acceptors (Lipinski definition) is 12. The van der Waals surface area contributed by atoms with Gasteiger partial charge in [0.1, 0.15) is 24.4 Å². The second kappa shape index (κ2) is 26.2. The maximum atomic E-state index is 14.6. The number of aromatic nitrogens is 1. The van der Waals surface area contributed by atoms with Gasteiger partial charge in [0.15, 0.2) is 0 Å². The Hall–Kier alpha value is -3.99. The van der Waals surface area contributed by atoms with Crippen molar-refractivity contribution in [1.82, 2.24) is 9.88 Å². The fraction of sp³-hybridized carbons (Fsp3) is 0.678. The van der Waals surface area contributed by atoms with Crippen molar-refractivity contribution in [3.63, 3.8) is 0 Å². The molecule has 17 atom stereocenters. The normalized spacial score (nSPS) is 39.4. The Morgan fingerprint density at radius 3 is 2.33 bits per heavy atom. The summed E-state index contributed by atoms with van der Waals surface area (Å²) in [5, 5.41) is 59.1. The SMILES string of the molecule is CO[C@@H]1C[C@H](C[C@@H](C)C2CC(O)[C@H](C)/C=C(/C)[C@@H](O)[C@@H](OC)C(O)[C@H](C)C[C@H](C)\C=C/C=C\C=C(\C)[C@@H](c3c[nH]c4c(C)cccc34)C[C@@H]3CC[C@@H](C)[C@@](O)(O3)C(=O)C(=O)N3CCCC[C@H]3C(=O)O2)CC[C@H]1O. The lowest BCUT2D eigenvalue weighted by Gasteiger charge is -2.43. The Balaban J connectivity index is 1.35. The second-order valence-corrected chi connectivity index (χ2v) is 22.6. The maximum absolute atomic E-state index is 14.6. The third-order valence-electron chi connectivity index (χ3n) is 17.0. The maximum Gasteiger partial charge on any atom is 0.329 e. The molecule has 14 heteroatoms. The number of rotatable bonds is 6. The summed E-state index contributed by atoms with van der Waals surface area (Å²) < 4.78 is 24.2. The molecule has 1 aromatic carbocycles. The van der Waals surface area contributed by atoms with Gasteiger partial charge in [-0.05, 0) is 132 Å². The molecule has 4 heterocycles. The first-order chi connectivity index (χ1) is 34.7. The number of aliphatic hydroxyl groups is 5. The van der Waals surface area contributed by atoms with E-state index in [-0.39, 0.29) is 55.1 Å². The molecule has 6 N–H and O–H groups in total. The lowest BCUT2D eigenvalue weighted by atomic mass is 9.78. The quantitative estimate of drug-likeness (QED) is 0.0918. The van der Waals surface area contributed by atoms with Gasteiger partial charge < -0.3 is 54.4 Å². The molecule has 6 rings (SSSR count). The Bertz CT molecular complexity index is 2290. The van der Waals surface area contributed by atoms with Gasteiger partial charge in [0.05, 0.1) is 30.5 Å². The minimum Gasteiger partial charge on any atom is -0.460 e. The van der Waals surface area contributed by atoms with E-state index >= 15 is 0 Å². The molecule has 4 aliphatic rings. The minimum atomic E-state index is -2.44. The molecule has 3 unspecified atom stereocenters. The van der Waals surface area contributed by atoms with Crippen LogP contribution >= 0.6 is 0 Å². The molecule has 3 aliphatic heterocycles. The van der Waals surface area contributed by atoms with Gasteiger partial charge in [-0.25, -0.2) is 4.79 Å². The van der Waals surface area contributed by atoms with Crippen LogP contribution in [0.25, 0.3) is 10.9 Å². The van der Waals surface area contributed by atoms with Crippen molar-refractivity contribution in [2.24, 2.45) is 35.5 Å². The van der Waals surface area contributed by atoms with Crippen LogP contribution in [0.15, 0.2) is 72.0 Å². The van der Waals surface area contributed by atoms with Gasteiger partial charge in [-0.1, -0.05) is 94.8 Å². The van der Waals surface area contributed by atoms with Crippen molar-refractivity contribution in [1.29, 1.82) is 0 Å². The number of aromatic amines is 1. The standard InChI is InChI=1S/C59H88N2O12/c1-34-17-12-11-13-18-35(2)45(46-33-60-52-36(3)19-16-20-44(46)52)31-43-24-22-41(8)59(69,73-43)56(66)57(67)61-26-15-14-21-47(61)58(68)72-50(38(5)29-42-23-25-48(62)51(30-42)70-9)32-49(63)37(4)28-40(7)54(65)55(71-10)53(64)39(6)27-34/h11-13,16-20,28,33-34,37-39,41-43,45,47-51,53-55,60,62-65,69H,14-15,21-27,29-32H2,1-10H3/b13-11-,17-12-,35-18-,40-28-/t34-,37-,38-,39-,41-,42+,43+,45+,47+,48-,49?,50?,51-,53?,54-,55+,59-/m1/s1. The molecule has 2 aromatic rings. The zero-order chi connectivity index (χ0) is 53.3. The first-order valence-corrected chi connectivity index (χ1v) is 27.2. The van der Waals surface area contributed by atoms with Gasteiger partial charge in [0.2, 0.25) is 5.79 Å². The van der Waals surface area contributed by atoms with Gasteiger partial charge in [-0.15, -0.1) is 0 Å². The van der Waals surface area contributed by atoms with Crippen LogP contribution in [0.1, 0.15) is 143 Å². The number of benzene rings is 1. The largest absolute Gasteiger partial charge is 0.460 e. The molecular weight excluding hydrogens is 929 g/mol. The number of para-hydroxylation sites is 1. The summed E-state index contributed by atoms with van der Waals surface area (Å²) in [5.74, 6) is -6.94. The van der Waals surface area contributed by atoms with Crippen LogP contribution in [0.3, 0.4) is 0 Å². The first kappa shape index (κ1) is 58.3. The third-order valence-corrected chi connectivity index (χ3v) is 17.0. The van der Waals surface area contributed by atoms with E-state index in [4.69, 9.17) is 18.9 Å². The molecule has 1 aliphatic carbocycles. The lowest BCUT2D eigenvalue weighted by molar-refractivity contribution is -0.264. The van der Waals surface area contributed by atoms with Crippen LogP contribution in [0.2, 0.25) is 0 Å². The summed E-state index contributed by atoms with van der Waals surface area (Å²) in [7, 11) is 3.05. The summed E-state index contributed by atoms with van der Waals surface area (Å²) in [5.41, 5.74) is 4.71. The number of ether oxygens (including phenoxy) is 4. The molecule has 0 spiro atoms. The number of fused-ring (bicyclic) bond motifs is 4. The number of piperidine rings is 1. The van der Waals surface area contributed by atoms with E-state index in [2.05, 4.69) is 50.0 Å². The van der Waals surface area contributed by atoms with Crippen molar-refractivity contribution < 1.29 is 58.9 Å². The average Bonchev–Trinajstić information content (AvgIpc) is 3.81. The van der Waals surface area contributed by atoms with Gasteiger partial charge >= 0.3 is 5.97 Å². The predicted octanol–water partition coefficient (Wildman–Crippen LogP) is 8.32. The van der Waals surface area contributed by atoms with Gasteiger partial charge in [-0.2, -0.15) is 0 Å². The second-order valence-electron chi connectivity index (χ2n) is 22.6. The smallest absolute Gasteiger partial charge is 0.329 e. The van der Waals surface area contributed by atoms with Crippen molar-refractivity contribution in [2.45, 2.75) is 199 Å². The van der Waals surface area contributed by atoms with Gasteiger partial charge in [0.25, 0.3) is 11.7 Å². The summed E-state index contributed by atoms with van der Waals surface area (Å²) in [6, 6.07) is 5.06. The summed E-state index contributed by atoms with van der Waals surface area (Å²) in [6.45, 7) is 15.5. The number of allylic oxidation sites excluding steroid dienone is 6. The number of esters is 1. The number of methoxy groups -OCH3 is 2. The molecule has 1 amide bonds. The third kappa shape index (κ3) is 14.1. The predicted molar refractivity (Wildman–Crippen MR) is 282 cm³/mol.